The summed E-state index contributed by atoms with van der Waals surface area (Å²) in [6.07, 6.45) is 1.08. The molecule has 0 aliphatic heterocycles. The van der Waals surface area contributed by atoms with Gasteiger partial charge in [0.2, 0.25) is 0 Å². The maximum Gasteiger partial charge on any atom is 0.00225 e. The molecule has 1 atom stereocenters. The maximum absolute atomic E-state index is 5.49. The van der Waals surface area contributed by atoms with E-state index in [2.05, 4.69) is 12.2 Å². The van der Waals surface area contributed by atoms with Crippen molar-refractivity contribution in [1.29, 1.82) is 0 Å². The molecule has 0 bridgehead atoms. The van der Waals surface area contributed by atoms with Crippen molar-refractivity contribution in [3.8, 4) is 0 Å². The van der Waals surface area contributed by atoms with Crippen molar-refractivity contribution in [2.75, 3.05) is 13.1 Å². The number of nitrogens with one attached hydrogen (secondary N) is 1. The van der Waals surface area contributed by atoms with Crippen molar-refractivity contribution >= 4 is 0 Å². The van der Waals surface area contributed by atoms with Gasteiger partial charge in [0, 0.05) is 6.04 Å². The summed E-state index contributed by atoms with van der Waals surface area (Å²) < 4.78 is 0. The van der Waals surface area contributed by atoms with E-state index in [9.17, 15) is 0 Å². The summed E-state index contributed by atoms with van der Waals surface area (Å²) in [4.78, 5) is 0. The minimum absolute atomic E-state index is 0.342. The minimum Gasteiger partial charge on any atom is -0.328 e. The molecule has 3 N–H and O–H groups in total. The molecule has 0 unspecified atom stereocenters. The van der Waals surface area contributed by atoms with Crippen LogP contribution in [0, 0.1) is 0 Å². The third-order valence-corrected chi connectivity index (χ3v) is 1.03. The number of nitrogens with two attached hydrogens (primary N) is 1. The summed E-state index contributed by atoms with van der Waals surface area (Å²) in [5.74, 6) is 0. The van der Waals surface area contributed by atoms with Gasteiger partial charge in [0.25, 0.3) is 0 Å². The van der Waals surface area contributed by atoms with Gasteiger partial charge >= 0.3 is 0 Å². The van der Waals surface area contributed by atoms with E-state index in [4.69, 9.17) is 5.73 Å². The third-order valence-electron chi connectivity index (χ3n) is 1.03. The summed E-state index contributed by atoms with van der Waals surface area (Å²) in [6, 6.07) is 0.342. The Balaban J connectivity index is 2.72. The van der Waals surface area contributed by atoms with E-state index in [-0.39, 0.29) is 0 Å². The largest absolute Gasteiger partial charge is 0.328 e. The lowest BCUT2D eigenvalue weighted by Crippen LogP contribution is -2.23. The fourth-order valence-electron chi connectivity index (χ4n) is 0.507. The second-order valence-corrected chi connectivity index (χ2v) is 2.12. The Morgan fingerprint density at radius 2 is 2.25 bits per heavy atom. The number of rotatable bonds is 4. The van der Waals surface area contributed by atoms with Crippen LogP contribution >= 0.6 is 0 Å². The van der Waals surface area contributed by atoms with Gasteiger partial charge in [-0.05, 0) is 26.4 Å². The molecule has 0 rings (SSSR count). The molecule has 0 aliphatic rings. The van der Waals surface area contributed by atoms with Crippen molar-refractivity contribution in [2.24, 2.45) is 5.73 Å². The molecule has 0 aromatic rings. The van der Waals surface area contributed by atoms with Crippen LogP contribution in [0.4, 0.5) is 0 Å². The van der Waals surface area contributed by atoms with Crippen LogP contribution in [-0.2, 0) is 0 Å². The Morgan fingerprint density at radius 1 is 1.62 bits per heavy atom. The molecular formula is C6H16N2. The summed E-state index contributed by atoms with van der Waals surface area (Å²) >= 11 is 0. The van der Waals surface area contributed by atoms with Crippen LogP contribution in [0.5, 0.6) is 0 Å². The van der Waals surface area contributed by atoms with E-state index < -0.39 is 0 Å². The van der Waals surface area contributed by atoms with Gasteiger partial charge in [-0.15, -0.1) is 0 Å². The first-order valence-electron chi connectivity index (χ1n) is 3.23. The molecule has 0 aromatic carbocycles. The standard InChI is InChI=1S/C6H16N2/c1-3-8-5-4-6(2)7/h6,8H,3-5,7H2,1-2H3/t6-/m0/s1. The van der Waals surface area contributed by atoms with E-state index in [0.29, 0.717) is 6.04 Å². The zero-order valence-electron chi connectivity index (χ0n) is 5.78. The highest BCUT2D eigenvalue weighted by molar-refractivity contribution is 4.53. The number of hydrogen-bond donors (Lipinski definition) is 2. The molecule has 0 radical (unpaired) electrons. The van der Waals surface area contributed by atoms with Crippen molar-refractivity contribution in [3.63, 3.8) is 0 Å². The monoisotopic (exact) mass is 116 g/mol. The van der Waals surface area contributed by atoms with Crippen molar-refractivity contribution in [1.82, 2.24) is 5.32 Å². The molecule has 8 heavy (non-hydrogen) atoms. The Hall–Kier alpha value is -0.0800. The summed E-state index contributed by atoms with van der Waals surface area (Å²) in [7, 11) is 0. The predicted molar refractivity (Wildman–Crippen MR) is 36.8 cm³/mol. The van der Waals surface area contributed by atoms with E-state index in [1.807, 2.05) is 6.92 Å². The minimum atomic E-state index is 0.342. The van der Waals surface area contributed by atoms with Crippen LogP contribution in [0.3, 0.4) is 0 Å². The van der Waals surface area contributed by atoms with Crippen LogP contribution in [-0.4, -0.2) is 19.1 Å². The van der Waals surface area contributed by atoms with Gasteiger partial charge in [-0.3, -0.25) is 0 Å². The molecule has 50 valence electrons. The second-order valence-electron chi connectivity index (χ2n) is 2.12. The Bertz CT molecular complexity index is 43.8. The van der Waals surface area contributed by atoms with Crippen molar-refractivity contribution in [2.45, 2.75) is 26.3 Å². The molecular weight excluding hydrogens is 100 g/mol. The summed E-state index contributed by atoms with van der Waals surface area (Å²) in [5.41, 5.74) is 5.49. The molecule has 2 nitrogen and oxygen atoms in total. The van der Waals surface area contributed by atoms with Gasteiger partial charge in [-0.25, -0.2) is 0 Å². The average Bonchev–Trinajstić information content (AvgIpc) is 1.66. The predicted octanol–water partition coefficient (Wildman–Crippen LogP) is 0.333. The highest BCUT2D eigenvalue weighted by atomic mass is 14.8. The summed E-state index contributed by atoms with van der Waals surface area (Å²) in [6.45, 7) is 6.22. The SMILES string of the molecule is CCNCC[C@H](C)N. The van der Waals surface area contributed by atoms with Crippen LogP contribution in [0.25, 0.3) is 0 Å². The molecule has 0 amide bonds. The molecule has 0 fully saturated rings. The molecule has 0 aromatic heterocycles. The number of hydrogen-bond acceptors (Lipinski definition) is 2. The average molecular weight is 116 g/mol. The molecule has 2 heteroatoms. The third kappa shape index (κ3) is 5.92. The quantitative estimate of drug-likeness (QED) is 0.520. The van der Waals surface area contributed by atoms with Crippen LogP contribution < -0.4 is 11.1 Å². The smallest absolute Gasteiger partial charge is 0.00225 e. The fraction of sp³-hybridized carbons (Fsp3) is 1.00. The van der Waals surface area contributed by atoms with Crippen LogP contribution in [0.15, 0.2) is 0 Å². The highest BCUT2D eigenvalue weighted by Crippen LogP contribution is 1.80. The van der Waals surface area contributed by atoms with Gasteiger partial charge in [0.15, 0.2) is 0 Å². The molecule has 0 spiro atoms. The van der Waals surface area contributed by atoms with Gasteiger partial charge in [-0.1, -0.05) is 6.92 Å². The zero-order valence-corrected chi connectivity index (χ0v) is 5.78. The molecule has 0 saturated heterocycles. The first-order chi connectivity index (χ1) is 3.77. The van der Waals surface area contributed by atoms with Crippen LogP contribution in [0.2, 0.25) is 0 Å². The molecule has 0 heterocycles. The van der Waals surface area contributed by atoms with Crippen LogP contribution in [0.1, 0.15) is 20.3 Å². The van der Waals surface area contributed by atoms with E-state index in [0.717, 1.165) is 19.5 Å². The van der Waals surface area contributed by atoms with Gasteiger partial charge in [0.05, 0.1) is 0 Å². The Labute approximate surface area is 51.5 Å². The van der Waals surface area contributed by atoms with Gasteiger partial charge in [-0.2, -0.15) is 0 Å². The normalized spacial score (nSPS) is 13.9. The van der Waals surface area contributed by atoms with E-state index in [1.165, 1.54) is 0 Å². The van der Waals surface area contributed by atoms with Crippen molar-refractivity contribution < 1.29 is 0 Å². The lowest BCUT2D eigenvalue weighted by molar-refractivity contribution is 0.602. The lowest BCUT2D eigenvalue weighted by atomic mass is 10.2. The van der Waals surface area contributed by atoms with E-state index >= 15 is 0 Å². The zero-order chi connectivity index (χ0) is 6.41. The topological polar surface area (TPSA) is 38.0 Å². The molecule has 0 saturated carbocycles. The maximum atomic E-state index is 5.49. The first-order valence-corrected chi connectivity index (χ1v) is 3.23. The van der Waals surface area contributed by atoms with Gasteiger partial charge in [0.1, 0.15) is 0 Å². The second kappa shape index (κ2) is 5.06. The van der Waals surface area contributed by atoms with Gasteiger partial charge < -0.3 is 11.1 Å². The Kier molecular flexibility index (Phi) is 5.01. The van der Waals surface area contributed by atoms with E-state index in [1.54, 1.807) is 0 Å². The van der Waals surface area contributed by atoms with Crippen molar-refractivity contribution in [3.05, 3.63) is 0 Å². The summed E-state index contributed by atoms with van der Waals surface area (Å²) in [5, 5.41) is 3.20. The molecule has 0 aliphatic carbocycles. The fourth-order valence-corrected chi connectivity index (χ4v) is 0.507. The Morgan fingerprint density at radius 3 is 2.62 bits per heavy atom. The first kappa shape index (κ1) is 7.92. The highest BCUT2D eigenvalue weighted by Gasteiger charge is 1.89. The lowest BCUT2D eigenvalue weighted by Gasteiger charge is -2.03.